The summed E-state index contributed by atoms with van der Waals surface area (Å²) in [7, 11) is 0. The first-order valence-electron chi connectivity index (χ1n) is 9.14. The number of carbonyl (C=O) groups is 3. The summed E-state index contributed by atoms with van der Waals surface area (Å²) in [6.07, 6.45) is 5.60. The largest absolute Gasteiger partial charge is 0.340 e. The second kappa shape index (κ2) is 9.01. The van der Waals surface area contributed by atoms with Crippen molar-refractivity contribution in [3.05, 3.63) is 0 Å². The molecule has 7 heteroatoms. The highest BCUT2D eigenvalue weighted by Crippen LogP contribution is 2.25. The van der Waals surface area contributed by atoms with Gasteiger partial charge >= 0.3 is 6.03 Å². The fourth-order valence-corrected chi connectivity index (χ4v) is 3.52. The van der Waals surface area contributed by atoms with Crippen LogP contribution in [0.25, 0.3) is 0 Å². The minimum atomic E-state index is -0.458. The average molecular weight is 338 g/mol. The molecule has 1 saturated carbocycles. The van der Waals surface area contributed by atoms with Gasteiger partial charge in [0.2, 0.25) is 11.8 Å². The van der Waals surface area contributed by atoms with Crippen LogP contribution < -0.4 is 10.6 Å². The van der Waals surface area contributed by atoms with E-state index in [1.807, 2.05) is 9.80 Å². The number of rotatable bonds is 4. The molecule has 1 saturated heterocycles. The van der Waals surface area contributed by atoms with Gasteiger partial charge in [-0.1, -0.05) is 19.3 Å². The first-order valence-corrected chi connectivity index (χ1v) is 9.14. The Kier molecular flexibility index (Phi) is 7.02. The number of imide groups is 1. The highest BCUT2D eigenvalue weighted by Gasteiger charge is 2.31. The van der Waals surface area contributed by atoms with Crippen LogP contribution in [0.2, 0.25) is 0 Å². The molecule has 0 bridgehead atoms. The lowest BCUT2D eigenvalue weighted by Gasteiger charge is -2.39. The molecule has 0 aromatic heterocycles. The van der Waals surface area contributed by atoms with Gasteiger partial charge in [-0.3, -0.25) is 19.8 Å². The molecule has 0 unspecified atom stereocenters. The lowest BCUT2D eigenvalue weighted by molar-refractivity contribution is -0.139. The lowest BCUT2D eigenvalue weighted by Crippen LogP contribution is -2.56. The Morgan fingerprint density at radius 1 is 1.04 bits per heavy atom. The zero-order valence-corrected chi connectivity index (χ0v) is 14.8. The van der Waals surface area contributed by atoms with Crippen LogP contribution in [0.1, 0.15) is 46.0 Å². The van der Waals surface area contributed by atoms with Crippen molar-refractivity contribution in [3.8, 4) is 0 Å². The van der Waals surface area contributed by atoms with Crippen molar-refractivity contribution < 1.29 is 14.4 Å². The molecule has 1 atom stereocenters. The Balaban J connectivity index is 1.77. The molecular formula is C17H30N4O3. The second-order valence-corrected chi connectivity index (χ2v) is 6.72. The quantitative estimate of drug-likeness (QED) is 0.799. The Morgan fingerprint density at radius 2 is 1.67 bits per heavy atom. The van der Waals surface area contributed by atoms with E-state index in [4.69, 9.17) is 0 Å². The Hall–Kier alpha value is -1.63. The Labute approximate surface area is 144 Å². The maximum absolute atomic E-state index is 12.6. The van der Waals surface area contributed by atoms with Crippen LogP contribution in [0, 0.1) is 5.92 Å². The van der Waals surface area contributed by atoms with Crippen molar-refractivity contribution in [2.75, 3.05) is 32.7 Å². The number of urea groups is 1. The molecule has 0 aromatic rings. The molecule has 0 spiro atoms. The molecule has 0 aromatic carbocycles. The van der Waals surface area contributed by atoms with E-state index >= 15 is 0 Å². The maximum atomic E-state index is 12.6. The van der Waals surface area contributed by atoms with Gasteiger partial charge in [-0.15, -0.1) is 0 Å². The number of nitrogens with zero attached hydrogens (tertiary/aromatic N) is 2. The molecule has 1 aliphatic heterocycles. The lowest BCUT2D eigenvalue weighted by atomic mass is 9.88. The van der Waals surface area contributed by atoms with Crippen molar-refractivity contribution in [1.82, 2.24) is 20.4 Å². The SMILES string of the molecule is CCNC(=O)NC(=O)[C@@H](C)N1CCN(C(=O)C2CCCCC2)CC1. The number of piperazine rings is 1. The van der Waals surface area contributed by atoms with Gasteiger partial charge in [-0.2, -0.15) is 0 Å². The van der Waals surface area contributed by atoms with E-state index in [0.29, 0.717) is 32.7 Å². The van der Waals surface area contributed by atoms with Crippen molar-refractivity contribution in [3.63, 3.8) is 0 Å². The molecule has 2 fully saturated rings. The van der Waals surface area contributed by atoms with Gasteiger partial charge in [0.15, 0.2) is 0 Å². The zero-order chi connectivity index (χ0) is 17.5. The summed E-state index contributed by atoms with van der Waals surface area (Å²) in [4.78, 5) is 40.1. The monoisotopic (exact) mass is 338 g/mol. The highest BCUT2D eigenvalue weighted by molar-refractivity contribution is 5.96. The molecule has 2 N–H and O–H groups in total. The summed E-state index contributed by atoms with van der Waals surface area (Å²) in [6, 6.07) is -0.833. The summed E-state index contributed by atoms with van der Waals surface area (Å²) in [6.45, 7) is 6.74. The number of nitrogens with one attached hydrogen (secondary N) is 2. The standard InChI is InChI=1S/C17H30N4O3/c1-3-18-17(24)19-15(22)13(2)20-9-11-21(12-10-20)16(23)14-7-5-4-6-8-14/h13-14H,3-12H2,1-2H3,(H2,18,19,22,24)/t13-/m1/s1. The van der Waals surface area contributed by atoms with E-state index in [1.54, 1.807) is 13.8 Å². The zero-order valence-electron chi connectivity index (χ0n) is 14.8. The van der Waals surface area contributed by atoms with Crippen molar-refractivity contribution in [1.29, 1.82) is 0 Å². The normalized spacial score (nSPS) is 21.2. The van der Waals surface area contributed by atoms with Gasteiger partial charge < -0.3 is 10.2 Å². The molecular weight excluding hydrogens is 308 g/mol. The fraction of sp³-hybridized carbons (Fsp3) is 0.824. The van der Waals surface area contributed by atoms with Gasteiger partial charge in [-0.25, -0.2) is 4.79 Å². The van der Waals surface area contributed by atoms with Gasteiger partial charge in [0.1, 0.15) is 0 Å². The van der Waals surface area contributed by atoms with Gasteiger partial charge in [0, 0.05) is 38.6 Å². The van der Waals surface area contributed by atoms with Crippen LogP contribution in [0.15, 0.2) is 0 Å². The maximum Gasteiger partial charge on any atom is 0.321 e. The second-order valence-electron chi connectivity index (χ2n) is 6.72. The first kappa shape index (κ1) is 18.7. The van der Waals surface area contributed by atoms with Crippen LogP contribution in [-0.2, 0) is 9.59 Å². The molecule has 136 valence electrons. The molecule has 1 aliphatic carbocycles. The fourth-order valence-electron chi connectivity index (χ4n) is 3.52. The van der Waals surface area contributed by atoms with Crippen molar-refractivity contribution >= 4 is 17.8 Å². The minimum absolute atomic E-state index is 0.198. The average Bonchev–Trinajstić information content (AvgIpc) is 2.61. The van der Waals surface area contributed by atoms with E-state index in [1.165, 1.54) is 6.42 Å². The summed E-state index contributed by atoms with van der Waals surface area (Å²) >= 11 is 0. The Bertz CT molecular complexity index is 455. The topological polar surface area (TPSA) is 81.8 Å². The van der Waals surface area contributed by atoms with E-state index in [0.717, 1.165) is 25.7 Å². The third kappa shape index (κ3) is 4.93. The van der Waals surface area contributed by atoms with E-state index in [2.05, 4.69) is 10.6 Å². The minimum Gasteiger partial charge on any atom is -0.340 e. The number of amides is 4. The predicted molar refractivity (Wildman–Crippen MR) is 91.4 cm³/mol. The van der Waals surface area contributed by atoms with Crippen LogP contribution >= 0.6 is 0 Å². The van der Waals surface area contributed by atoms with E-state index in [9.17, 15) is 14.4 Å². The molecule has 0 radical (unpaired) electrons. The summed E-state index contributed by atoms with van der Waals surface area (Å²) in [5.41, 5.74) is 0. The smallest absolute Gasteiger partial charge is 0.321 e. The summed E-state index contributed by atoms with van der Waals surface area (Å²) < 4.78 is 0. The highest BCUT2D eigenvalue weighted by atomic mass is 16.2. The molecule has 24 heavy (non-hydrogen) atoms. The molecule has 4 amide bonds. The van der Waals surface area contributed by atoms with E-state index < -0.39 is 6.03 Å². The van der Waals surface area contributed by atoms with E-state index in [-0.39, 0.29) is 23.8 Å². The van der Waals surface area contributed by atoms with Gasteiger partial charge in [0.25, 0.3) is 0 Å². The van der Waals surface area contributed by atoms with Gasteiger partial charge in [0.05, 0.1) is 6.04 Å². The number of hydrogen-bond donors (Lipinski definition) is 2. The first-order chi connectivity index (χ1) is 11.5. The summed E-state index contributed by atoms with van der Waals surface area (Å²) in [5, 5.41) is 4.90. The van der Waals surface area contributed by atoms with Crippen molar-refractivity contribution in [2.45, 2.75) is 52.0 Å². The Morgan fingerprint density at radius 3 is 2.25 bits per heavy atom. The summed E-state index contributed by atoms with van der Waals surface area (Å²) in [5.74, 6) is 0.186. The predicted octanol–water partition coefficient (Wildman–Crippen LogP) is 0.945. The van der Waals surface area contributed by atoms with Gasteiger partial charge in [-0.05, 0) is 26.7 Å². The molecule has 2 aliphatic rings. The van der Waals surface area contributed by atoms with Crippen LogP contribution in [0.4, 0.5) is 4.79 Å². The third-order valence-electron chi connectivity index (χ3n) is 5.08. The molecule has 2 rings (SSSR count). The molecule has 7 nitrogen and oxygen atoms in total. The third-order valence-corrected chi connectivity index (χ3v) is 5.08. The number of hydrogen-bond acceptors (Lipinski definition) is 4. The van der Waals surface area contributed by atoms with Crippen molar-refractivity contribution in [2.24, 2.45) is 5.92 Å². The van der Waals surface area contributed by atoms with Crippen LogP contribution in [0.5, 0.6) is 0 Å². The molecule has 1 heterocycles. The number of carbonyl (C=O) groups excluding carboxylic acids is 3. The van der Waals surface area contributed by atoms with Crippen LogP contribution in [-0.4, -0.2) is 66.4 Å². The van der Waals surface area contributed by atoms with Crippen LogP contribution in [0.3, 0.4) is 0 Å².